The predicted octanol–water partition coefficient (Wildman–Crippen LogP) is 3.23. The van der Waals surface area contributed by atoms with Crippen LogP contribution >= 0.6 is 0 Å². The second-order valence-electron chi connectivity index (χ2n) is 5.48. The first kappa shape index (κ1) is 17.0. The van der Waals surface area contributed by atoms with Gasteiger partial charge in [0.2, 0.25) is 5.76 Å². The molecular weight excluding hydrogens is 268 g/mol. The first-order valence-electron chi connectivity index (χ1n) is 6.78. The van der Waals surface area contributed by atoms with Crippen molar-refractivity contribution in [3.05, 3.63) is 47.7 Å². The Labute approximate surface area is 125 Å². The van der Waals surface area contributed by atoms with E-state index in [-0.39, 0.29) is 17.5 Å². The Balaban J connectivity index is 3.03. The zero-order chi connectivity index (χ0) is 16.0. The third kappa shape index (κ3) is 4.18. The smallest absolute Gasteiger partial charge is 0.372 e. The highest BCUT2D eigenvalue weighted by molar-refractivity contribution is 5.98. The molecule has 1 aromatic carbocycles. The van der Waals surface area contributed by atoms with Gasteiger partial charge < -0.3 is 9.47 Å². The molecule has 0 aliphatic heterocycles. The molecule has 0 spiro atoms. The molecule has 0 bridgehead atoms. The molecule has 1 rings (SSSR count). The fourth-order valence-corrected chi connectivity index (χ4v) is 1.95. The standard InChI is InChI=1S/C17H22O4/c1-12(15(18)13-9-7-6-8-10-13)17(2,3)11-14(20-4)16(19)21-5/h6-12H,1-5H3/b14-11-. The zero-order valence-corrected chi connectivity index (χ0v) is 13.2. The van der Waals surface area contributed by atoms with Gasteiger partial charge in [-0.1, -0.05) is 51.1 Å². The van der Waals surface area contributed by atoms with Crippen LogP contribution in [0.2, 0.25) is 0 Å². The molecule has 1 atom stereocenters. The summed E-state index contributed by atoms with van der Waals surface area (Å²) in [4.78, 5) is 24.1. The Morgan fingerprint density at radius 3 is 2.14 bits per heavy atom. The van der Waals surface area contributed by atoms with Gasteiger partial charge in [0.25, 0.3) is 0 Å². The second-order valence-corrected chi connectivity index (χ2v) is 5.48. The van der Waals surface area contributed by atoms with Gasteiger partial charge in [0, 0.05) is 11.5 Å². The molecule has 0 saturated carbocycles. The van der Waals surface area contributed by atoms with Gasteiger partial charge in [0.15, 0.2) is 5.78 Å². The van der Waals surface area contributed by atoms with Crippen LogP contribution in [0.25, 0.3) is 0 Å². The van der Waals surface area contributed by atoms with Crippen molar-refractivity contribution < 1.29 is 19.1 Å². The third-order valence-corrected chi connectivity index (χ3v) is 3.68. The summed E-state index contributed by atoms with van der Waals surface area (Å²) in [6.45, 7) is 5.62. The van der Waals surface area contributed by atoms with Crippen LogP contribution in [0.3, 0.4) is 0 Å². The van der Waals surface area contributed by atoms with Crippen LogP contribution in [0.1, 0.15) is 31.1 Å². The van der Waals surface area contributed by atoms with Crippen LogP contribution in [0.5, 0.6) is 0 Å². The van der Waals surface area contributed by atoms with Gasteiger partial charge in [-0.25, -0.2) is 4.79 Å². The van der Waals surface area contributed by atoms with E-state index in [1.54, 1.807) is 18.2 Å². The Hall–Kier alpha value is -2.10. The zero-order valence-electron chi connectivity index (χ0n) is 13.2. The highest BCUT2D eigenvalue weighted by atomic mass is 16.6. The Kier molecular flexibility index (Phi) is 5.70. The number of hydrogen-bond acceptors (Lipinski definition) is 4. The lowest BCUT2D eigenvalue weighted by Gasteiger charge is -2.28. The number of carbonyl (C=O) groups excluding carboxylic acids is 2. The van der Waals surface area contributed by atoms with Crippen LogP contribution < -0.4 is 0 Å². The number of ether oxygens (including phenoxy) is 2. The van der Waals surface area contributed by atoms with Crippen LogP contribution in [-0.2, 0) is 14.3 Å². The second kappa shape index (κ2) is 7.07. The molecule has 1 aromatic rings. The summed E-state index contributed by atoms with van der Waals surface area (Å²) in [7, 11) is 2.70. The molecule has 0 N–H and O–H groups in total. The lowest BCUT2D eigenvalue weighted by Crippen LogP contribution is -2.28. The number of hydrogen-bond donors (Lipinski definition) is 0. The van der Waals surface area contributed by atoms with Crippen LogP contribution in [-0.4, -0.2) is 26.0 Å². The lowest BCUT2D eigenvalue weighted by atomic mass is 9.75. The van der Waals surface area contributed by atoms with E-state index in [0.717, 1.165) is 0 Å². The van der Waals surface area contributed by atoms with E-state index in [2.05, 4.69) is 4.74 Å². The molecule has 114 valence electrons. The Morgan fingerprint density at radius 2 is 1.67 bits per heavy atom. The summed E-state index contributed by atoms with van der Waals surface area (Å²) >= 11 is 0. The van der Waals surface area contributed by atoms with Gasteiger partial charge in [0.05, 0.1) is 14.2 Å². The van der Waals surface area contributed by atoms with Gasteiger partial charge in [-0.15, -0.1) is 0 Å². The van der Waals surface area contributed by atoms with Gasteiger partial charge in [-0.2, -0.15) is 0 Å². The molecule has 0 aromatic heterocycles. The minimum Gasteiger partial charge on any atom is -0.490 e. The highest BCUT2D eigenvalue weighted by Gasteiger charge is 2.32. The summed E-state index contributed by atoms with van der Waals surface area (Å²) in [6.07, 6.45) is 1.64. The maximum atomic E-state index is 12.5. The molecular formula is C17H22O4. The SMILES string of the molecule is COC(=O)/C(=C/C(C)(C)C(C)C(=O)c1ccccc1)OC. The average Bonchev–Trinajstić information content (AvgIpc) is 2.51. The van der Waals surface area contributed by atoms with Crippen molar-refractivity contribution in [1.29, 1.82) is 0 Å². The number of rotatable bonds is 6. The lowest BCUT2D eigenvalue weighted by molar-refractivity contribution is -0.139. The molecule has 0 fully saturated rings. The Morgan fingerprint density at radius 1 is 1.10 bits per heavy atom. The number of methoxy groups -OCH3 is 2. The van der Waals surface area contributed by atoms with E-state index >= 15 is 0 Å². The van der Waals surface area contributed by atoms with Gasteiger partial charge >= 0.3 is 5.97 Å². The minimum atomic E-state index is -0.551. The fraction of sp³-hybridized carbons (Fsp3) is 0.412. The van der Waals surface area contributed by atoms with Crippen molar-refractivity contribution in [2.75, 3.05) is 14.2 Å². The largest absolute Gasteiger partial charge is 0.490 e. The normalized spacial score (nSPS) is 13.5. The highest BCUT2D eigenvalue weighted by Crippen LogP contribution is 2.32. The Bertz CT molecular complexity index is 529. The van der Waals surface area contributed by atoms with Crippen molar-refractivity contribution >= 4 is 11.8 Å². The van der Waals surface area contributed by atoms with E-state index in [4.69, 9.17) is 4.74 Å². The molecule has 0 saturated heterocycles. The molecule has 0 aliphatic rings. The van der Waals surface area contributed by atoms with Crippen molar-refractivity contribution in [2.24, 2.45) is 11.3 Å². The molecule has 0 amide bonds. The van der Waals surface area contributed by atoms with E-state index < -0.39 is 11.4 Å². The molecule has 4 nitrogen and oxygen atoms in total. The monoisotopic (exact) mass is 290 g/mol. The van der Waals surface area contributed by atoms with Crippen molar-refractivity contribution in [2.45, 2.75) is 20.8 Å². The number of allylic oxidation sites excluding steroid dienone is 1. The third-order valence-electron chi connectivity index (χ3n) is 3.68. The van der Waals surface area contributed by atoms with Gasteiger partial charge in [0.1, 0.15) is 0 Å². The summed E-state index contributed by atoms with van der Waals surface area (Å²) < 4.78 is 9.71. The quantitative estimate of drug-likeness (QED) is 0.349. The number of esters is 1. The van der Waals surface area contributed by atoms with Gasteiger partial charge in [-0.05, 0) is 11.5 Å². The van der Waals surface area contributed by atoms with Crippen molar-refractivity contribution in [3.8, 4) is 0 Å². The van der Waals surface area contributed by atoms with E-state index in [0.29, 0.717) is 5.56 Å². The molecule has 0 aliphatic carbocycles. The number of benzene rings is 1. The predicted molar refractivity (Wildman–Crippen MR) is 80.8 cm³/mol. The van der Waals surface area contributed by atoms with Crippen LogP contribution in [0.4, 0.5) is 0 Å². The molecule has 0 radical (unpaired) electrons. The summed E-state index contributed by atoms with van der Waals surface area (Å²) in [5.74, 6) is -0.730. The summed E-state index contributed by atoms with van der Waals surface area (Å²) in [5, 5.41) is 0. The maximum Gasteiger partial charge on any atom is 0.372 e. The molecule has 0 heterocycles. The fourth-order valence-electron chi connectivity index (χ4n) is 1.95. The van der Waals surface area contributed by atoms with Crippen molar-refractivity contribution in [1.82, 2.24) is 0 Å². The van der Waals surface area contributed by atoms with E-state index in [1.807, 2.05) is 39.0 Å². The summed E-state index contributed by atoms with van der Waals surface area (Å²) in [5.41, 5.74) is 0.107. The summed E-state index contributed by atoms with van der Waals surface area (Å²) in [6, 6.07) is 9.11. The number of ketones is 1. The van der Waals surface area contributed by atoms with Gasteiger partial charge in [-0.3, -0.25) is 4.79 Å². The minimum absolute atomic E-state index is 0.0252. The van der Waals surface area contributed by atoms with E-state index in [9.17, 15) is 9.59 Å². The first-order valence-corrected chi connectivity index (χ1v) is 6.78. The first-order chi connectivity index (χ1) is 9.83. The molecule has 21 heavy (non-hydrogen) atoms. The topological polar surface area (TPSA) is 52.6 Å². The molecule has 4 heteroatoms. The van der Waals surface area contributed by atoms with Crippen LogP contribution in [0.15, 0.2) is 42.2 Å². The number of carbonyl (C=O) groups is 2. The maximum absolute atomic E-state index is 12.5. The van der Waals surface area contributed by atoms with Crippen LogP contribution in [0, 0.1) is 11.3 Å². The average molecular weight is 290 g/mol. The van der Waals surface area contributed by atoms with Crippen molar-refractivity contribution in [3.63, 3.8) is 0 Å². The van der Waals surface area contributed by atoms with E-state index in [1.165, 1.54) is 14.2 Å². The number of Topliss-reactive ketones (excluding diaryl/α,β-unsaturated/α-hetero) is 1. The molecule has 1 unspecified atom stereocenters.